The molecule has 2 aliphatic rings. The van der Waals surface area contributed by atoms with E-state index in [4.69, 9.17) is 11.6 Å². The summed E-state index contributed by atoms with van der Waals surface area (Å²) in [6.45, 7) is 1.70. The van der Waals surface area contributed by atoms with Crippen LogP contribution in [0.2, 0.25) is 0 Å². The molecule has 0 aromatic heterocycles. The Hall–Kier alpha value is -2.41. The van der Waals surface area contributed by atoms with Crippen LogP contribution in [0.5, 0.6) is 0 Å². The maximum Gasteiger partial charge on any atom is 0.256 e. The van der Waals surface area contributed by atoms with Crippen LogP contribution < -0.4 is 16.5 Å². The predicted molar refractivity (Wildman–Crippen MR) is 93.4 cm³/mol. The molecule has 0 bridgehead atoms. The first kappa shape index (κ1) is 17.4. The van der Waals surface area contributed by atoms with Crippen molar-refractivity contribution in [2.24, 2.45) is 11.6 Å². The molecule has 7 heteroatoms. The zero-order valence-electron chi connectivity index (χ0n) is 14.4. The quantitative estimate of drug-likeness (QED) is 0.491. The van der Waals surface area contributed by atoms with Gasteiger partial charge in [-0.15, -0.1) is 0 Å². The summed E-state index contributed by atoms with van der Waals surface area (Å²) < 4.78 is 0. The Morgan fingerprint density at radius 2 is 1.92 bits per heavy atom. The van der Waals surface area contributed by atoms with Crippen molar-refractivity contribution in [1.29, 1.82) is 0 Å². The van der Waals surface area contributed by atoms with Crippen molar-refractivity contribution in [3.8, 4) is 0 Å². The smallest absolute Gasteiger partial charge is 0.256 e. The van der Waals surface area contributed by atoms with Gasteiger partial charge in [-0.1, -0.05) is 26.2 Å². The van der Waals surface area contributed by atoms with Crippen LogP contribution in [-0.2, 0) is 9.59 Å². The van der Waals surface area contributed by atoms with Gasteiger partial charge in [0.05, 0.1) is 0 Å². The van der Waals surface area contributed by atoms with Gasteiger partial charge in [0.25, 0.3) is 5.91 Å². The number of fused-ring (bicyclic) bond motifs is 1. The molecule has 1 heterocycles. The fraction of sp³-hybridized carbons (Fsp3) is 0.500. The van der Waals surface area contributed by atoms with Crippen LogP contribution in [0, 0.1) is 0 Å². The van der Waals surface area contributed by atoms with Crippen molar-refractivity contribution in [1.82, 2.24) is 5.01 Å². The van der Waals surface area contributed by atoms with Crippen molar-refractivity contribution in [2.75, 3.05) is 4.90 Å². The van der Waals surface area contributed by atoms with Crippen molar-refractivity contribution < 1.29 is 14.4 Å². The van der Waals surface area contributed by atoms with Gasteiger partial charge in [0.1, 0.15) is 0 Å². The minimum atomic E-state index is -0.899. The van der Waals surface area contributed by atoms with Crippen molar-refractivity contribution in [3.63, 3.8) is 0 Å². The molecule has 1 aliphatic carbocycles. The molecule has 0 spiro atoms. The summed E-state index contributed by atoms with van der Waals surface area (Å²) in [5, 5.41) is 0.995. The minimum absolute atomic E-state index is 0.106. The maximum absolute atomic E-state index is 13.1. The van der Waals surface area contributed by atoms with Gasteiger partial charge in [0.15, 0.2) is 6.04 Å². The van der Waals surface area contributed by atoms with Gasteiger partial charge in [-0.2, -0.15) is 0 Å². The van der Waals surface area contributed by atoms with E-state index in [1.165, 1.54) is 6.42 Å². The van der Waals surface area contributed by atoms with Gasteiger partial charge >= 0.3 is 0 Å². The topological polar surface area (TPSA) is 110 Å². The molecular weight excluding hydrogens is 320 g/mol. The summed E-state index contributed by atoms with van der Waals surface area (Å²) >= 11 is 0. The number of benzene rings is 1. The average molecular weight is 344 g/mol. The van der Waals surface area contributed by atoms with Crippen LogP contribution in [0.25, 0.3) is 0 Å². The normalized spacial score (nSPS) is 20.5. The molecule has 7 nitrogen and oxygen atoms in total. The van der Waals surface area contributed by atoms with Gasteiger partial charge < -0.3 is 10.6 Å². The molecule has 3 rings (SSSR count). The molecule has 1 aromatic carbocycles. The highest BCUT2D eigenvalue weighted by Crippen LogP contribution is 2.42. The van der Waals surface area contributed by atoms with Crippen molar-refractivity contribution in [3.05, 3.63) is 29.3 Å². The lowest BCUT2D eigenvalue weighted by atomic mass is 9.94. The largest absolute Gasteiger partial charge is 0.366 e. The fourth-order valence-corrected chi connectivity index (χ4v) is 3.84. The van der Waals surface area contributed by atoms with E-state index in [2.05, 4.69) is 0 Å². The third-order valence-electron chi connectivity index (χ3n) is 5.15. The molecular formula is C18H24N4O3. The number of primary amides is 1. The molecule has 1 atom stereocenters. The summed E-state index contributed by atoms with van der Waals surface area (Å²) in [7, 11) is 0. The highest BCUT2D eigenvalue weighted by atomic mass is 16.2. The van der Waals surface area contributed by atoms with Gasteiger partial charge in [-0.3, -0.25) is 19.4 Å². The Morgan fingerprint density at radius 3 is 2.52 bits per heavy atom. The number of carbonyl (C=O) groups excluding carboxylic acids is 3. The first-order chi connectivity index (χ1) is 12.0. The first-order valence-corrected chi connectivity index (χ1v) is 8.79. The summed E-state index contributed by atoms with van der Waals surface area (Å²) in [4.78, 5) is 38.5. The molecule has 3 amide bonds. The third-order valence-corrected chi connectivity index (χ3v) is 5.15. The monoisotopic (exact) mass is 344 g/mol. The van der Waals surface area contributed by atoms with Crippen molar-refractivity contribution >= 4 is 23.4 Å². The van der Waals surface area contributed by atoms with Crippen LogP contribution in [0.3, 0.4) is 0 Å². The molecule has 1 unspecified atom stereocenters. The van der Waals surface area contributed by atoms with Crippen molar-refractivity contribution in [2.45, 2.75) is 57.5 Å². The summed E-state index contributed by atoms with van der Waals surface area (Å²) in [5.41, 5.74) is 6.99. The SMILES string of the molecule is CCC(=O)N(N)C1C(=O)N(C2CCCCC2)c2ccc(C(N)=O)cc21. The van der Waals surface area contributed by atoms with E-state index in [0.29, 0.717) is 11.1 Å². The predicted octanol–water partition coefficient (Wildman–Crippen LogP) is 1.62. The number of anilines is 1. The summed E-state index contributed by atoms with van der Waals surface area (Å²) in [6.07, 6.45) is 5.40. The van der Waals surface area contributed by atoms with Crippen LogP contribution in [0.15, 0.2) is 18.2 Å². The van der Waals surface area contributed by atoms with E-state index in [-0.39, 0.29) is 24.3 Å². The second-order valence-electron chi connectivity index (χ2n) is 6.70. The van der Waals surface area contributed by atoms with Gasteiger partial charge in [0, 0.05) is 29.3 Å². The highest BCUT2D eigenvalue weighted by Gasteiger charge is 2.44. The number of nitrogens with two attached hydrogens (primary N) is 2. The summed E-state index contributed by atoms with van der Waals surface area (Å²) in [6, 6.07) is 4.16. The first-order valence-electron chi connectivity index (χ1n) is 8.79. The Balaban J connectivity index is 2.06. The molecule has 0 saturated heterocycles. The number of amides is 3. The van der Waals surface area contributed by atoms with E-state index < -0.39 is 11.9 Å². The van der Waals surface area contributed by atoms with Crippen LogP contribution in [-0.4, -0.2) is 28.8 Å². The average Bonchev–Trinajstić information content (AvgIpc) is 2.92. The van der Waals surface area contributed by atoms with Crippen LogP contribution >= 0.6 is 0 Å². The molecule has 4 N–H and O–H groups in total. The molecule has 1 saturated carbocycles. The lowest BCUT2D eigenvalue weighted by Crippen LogP contribution is -2.47. The van der Waals surface area contributed by atoms with Gasteiger partial charge in [-0.05, 0) is 31.0 Å². The second-order valence-corrected chi connectivity index (χ2v) is 6.70. The van der Waals surface area contributed by atoms with E-state index in [9.17, 15) is 14.4 Å². The van der Waals surface area contributed by atoms with E-state index in [1.807, 2.05) is 0 Å². The minimum Gasteiger partial charge on any atom is -0.366 e. The Morgan fingerprint density at radius 1 is 1.24 bits per heavy atom. The highest BCUT2D eigenvalue weighted by molar-refractivity contribution is 6.07. The number of hydrazine groups is 1. The zero-order chi connectivity index (χ0) is 18.1. The maximum atomic E-state index is 13.1. The van der Waals surface area contributed by atoms with E-state index in [1.54, 1.807) is 30.0 Å². The molecule has 134 valence electrons. The van der Waals surface area contributed by atoms with Crippen LogP contribution in [0.1, 0.15) is 67.4 Å². The Labute approximate surface area is 146 Å². The van der Waals surface area contributed by atoms with E-state index in [0.717, 1.165) is 36.4 Å². The Bertz CT molecular complexity index is 712. The fourth-order valence-electron chi connectivity index (χ4n) is 3.84. The summed E-state index contributed by atoms with van der Waals surface area (Å²) in [5.74, 6) is 4.88. The van der Waals surface area contributed by atoms with Gasteiger partial charge in [0.2, 0.25) is 11.8 Å². The number of carbonyl (C=O) groups is 3. The number of rotatable bonds is 4. The zero-order valence-corrected chi connectivity index (χ0v) is 14.4. The number of hydrogen-bond acceptors (Lipinski definition) is 4. The molecule has 0 radical (unpaired) electrons. The van der Waals surface area contributed by atoms with Crippen LogP contribution in [0.4, 0.5) is 5.69 Å². The lowest BCUT2D eigenvalue weighted by Gasteiger charge is -2.32. The number of nitrogens with zero attached hydrogens (tertiary/aromatic N) is 2. The molecule has 1 aliphatic heterocycles. The lowest BCUT2D eigenvalue weighted by molar-refractivity contribution is -0.139. The Kier molecular flexibility index (Phi) is 4.76. The van der Waals surface area contributed by atoms with Gasteiger partial charge in [-0.25, -0.2) is 5.84 Å². The molecule has 25 heavy (non-hydrogen) atoms. The standard InChI is InChI=1S/C18H24N4O3/c1-2-15(23)22(20)16-13-10-11(17(19)24)8-9-14(13)21(18(16)25)12-6-4-3-5-7-12/h8-10,12,16H,2-7,20H2,1H3,(H2,19,24). The molecule has 1 fully saturated rings. The number of hydrogen-bond donors (Lipinski definition) is 2. The third kappa shape index (κ3) is 3.00. The molecule has 1 aromatic rings. The second kappa shape index (κ2) is 6.84. The van der Waals surface area contributed by atoms with E-state index >= 15 is 0 Å².